The smallest absolute Gasteiger partial charge is 0.337 e. The van der Waals surface area contributed by atoms with Crippen molar-refractivity contribution in [3.8, 4) is 0 Å². The predicted octanol–water partition coefficient (Wildman–Crippen LogP) is 1.74. The van der Waals surface area contributed by atoms with Crippen LogP contribution in [0.5, 0.6) is 0 Å². The van der Waals surface area contributed by atoms with Gasteiger partial charge in [0.2, 0.25) is 0 Å². The molecule has 0 aromatic heterocycles. The van der Waals surface area contributed by atoms with Gasteiger partial charge in [-0.1, -0.05) is 6.92 Å². The number of benzene rings is 1. The fraction of sp³-hybridized carbons (Fsp3) is 0.500. The topological polar surface area (TPSA) is 82.1 Å². The largest absolute Gasteiger partial charge is 0.466 e. The number of aliphatic hydroxyl groups is 1. The van der Waals surface area contributed by atoms with Gasteiger partial charge in [-0.15, -0.1) is 0 Å². The Morgan fingerprint density at radius 2 is 2.07 bits per heavy atom. The molecule has 1 fully saturated rings. The fourth-order valence-electron chi connectivity index (χ4n) is 3.62. The van der Waals surface area contributed by atoms with Crippen LogP contribution in [0.3, 0.4) is 0 Å². The lowest BCUT2D eigenvalue weighted by atomic mass is 9.98. The molecule has 0 bridgehead atoms. The van der Waals surface area contributed by atoms with E-state index in [1.165, 1.54) is 24.1 Å². The summed E-state index contributed by atoms with van der Waals surface area (Å²) >= 11 is 0. The highest BCUT2D eigenvalue weighted by molar-refractivity contribution is 6.09. The molecule has 2 N–H and O–H groups in total. The maximum Gasteiger partial charge on any atom is 0.337 e. The Bertz CT molecular complexity index is 788. The molecular formula is C20H26FN3O4. The maximum atomic E-state index is 14.0. The predicted molar refractivity (Wildman–Crippen MR) is 103 cm³/mol. The van der Waals surface area contributed by atoms with Gasteiger partial charge in [0.25, 0.3) is 5.91 Å². The summed E-state index contributed by atoms with van der Waals surface area (Å²) < 4.78 is 18.8. The number of nitrogens with one attached hydrogen (secondary N) is 1. The number of nitrogens with zero attached hydrogens (tertiary/aromatic N) is 2. The number of β-amino-alcohol motifs (C(OH)–C–C–N with tert-alkyl or cyclic N) is 1. The summed E-state index contributed by atoms with van der Waals surface area (Å²) in [6.07, 6.45) is 2.08. The van der Waals surface area contributed by atoms with Crippen molar-refractivity contribution in [3.63, 3.8) is 0 Å². The first-order chi connectivity index (χ1) is 13.4. The Hall–Kier alpha value is -2.61. The molecule has 2 heterocycles. The molecule has 0 spiro atoms. The van der Waals surface area contributed by atoms with Crippen molar-refractivity contribution in [2.45, 2.75) is 19.8 Å². The van der Waals surface area contributed by atoms with Crippen LogP contribution in [0.15, 0.2) is 29.5 Å². The Labute approximate surface area is 163 Å². The van der Waals surface area contributed by atoms with Gasteiger partial charge in [-0.2, -0.15) is 0 Å². The maximum absolute atomic E-state index is 14.0. The first kappa shape index (κ1) is 20.1. The minimum absolute atomic E-state index is 0.0419. The molecule has 1 amide bonds. The van der Waals surface area contributed by atoms with Crippen molar-refractivity contribution in [1.29, 1.82) is 0 Å². The molecule has 0 unspecified atom stereocenters. The highest BCUT2D eigenvalue weighted by atomic mass is 19.1. The number of amides is 1. The third-order valence-electron chi connectivity index (χ3n) is 5.30. The van der Waals surface area contributed by atoms with Gasteiger partial charge in [-0.3, -0.25) is 4.79 Å². The third kappa shape index (κ3) is 4.11. The molecule has 1 aromatic carbocycles. The molecule has 152 valence electrons. The number of methoxy groups -OCH3 is 1. The van der Waals surface area contributed by atoms with Crippen molar-refractivity contribution < 1.29 is 23.8 Å². The van der Waals surface area contributed by atoms with Crippen molar-refractivity contribution in [1.82, 2.24) is 4.90 Å². The quantitative estimate of drug-likeness (QED) is 0.719. The number of carbonyl (C=O) groups excluding carboxylic acids is 2. The van der Waals surface area contributed by atoms with E-state index in [0.29, 0.717) is 11.6 Å². The Morgan fingerprint density at radius 3 is 2.71 bits per heavy atom. The lowest BCUT2D eigenvalue weighted by molar-refractivity contribution is -0.136. The van der Waals surface area contributed by atoms with Crippen LogP contribution in [0.2, 0.25) is 0 Å². The zero-order valence-electron chi connectivity index (χ0n) is 16.2. The number of ether oxygens (including phenoxy) is 1. The number of hydrogen-bond acceptors (Lipinski definition) is 6. The summed E-state index contributed by atoms with van der Waals surface area (Å²) in [5.41, 5.74) is 1.46. The van der Waals surface area contributed by atoms with Gasteiger partial charge in [0.15, 0.2) is 0 Å². The van der Waals surface area contributed by atoms with Crippen LogP contribution in [0.4, 0.5) is 15.8 Å². The second kappa shape index (κ2) is 8.60. The molecule has 1 aromatic rings. The van der Waals surface area contributed by atoms with Crippen LogP contribution in [0.1, 0.15) is 19.8 Å². The van der Waals surface area contributed by atoms with E-state index < -0.39 is 17.7 Å². The number of hydrogen-bond donors (Lipinski definition) is 2. The van der Waals surface area contributed by atoms with Crippen molar-refractivity contribution >= 4 is 23.3 Å². The molecule has 2 aliphatic heterocycles. The standard InChI is InChI=1S/C20H26FN3O4/c1-13-5-7-23(8-6-13)17-4-3-14(21)11-16(17)22-18-15(20(27)28-2)12-24(9-10-25)19(18)26/h3-4,11,13,22,25H,5-10,12H2,1-2H3. The van der Waals surface area contributed by atoms with Crippen LogP contribution in [0, 0.1) is 11.7 Å². The first-order valence-corrected chi connectivity index (χ1v) is 9.47. The van der Waals surface area contributed by atoms with E-state index in [4.69, 9.17) is 9.84 Å². The van der Waals surface area contributed by atoms with E-state index in [2.05, 4.69) is 17.1 Å². The van der Waals surface area contributed by atoms with Crippen LogP contribution < -0.4 is 10.2 Å². The zero-order chi connectivity index (χ0) is 20.3. The van der Waals surface area contributed by atoms with E-state index in [1.807, 2.05) is 0 Å². The van der Waals surface area contributed by atoms with E-state index in [-0.39, 0.29) is 31.0 Å². The molecule has 7 nitrogen and oxygen atoms in total. The second-order valence-electron chi connectivity index (χ2n) is 7.25. The number of rotatable bonds is 6. The molecule has 28 heavy (non-hydrogen) atoms. The number of carbonyl (C=O) groups is 2. The summed E-state index contributed by atoms with van der Waals surface area (Å²) in [5.74, 6) is -0.835. The molecule has 1 saturated heterocycles. The Kier molecular flexibility index (Phi) is 6.18. The molecule has 0 atom stereocenters. The highest BCUT2D eigenvalue weighted by Crippen LogP contribution is 2.33. The number of anilines is 2. The first-order valence-electron chi connectivity index (χ1n) is 9.47. The average molecular weight is 391 g/mol. The van der Waals surface area contributed by atoms with Gasteiger partial charge in [0.05, 0.1) is 37.2 Å². The Balaban J connectivity index is 1.93. The molecule has 8 heteroatoms. The van der Waals surface area contributed by atoms with Crippen molar-refractivity contribution in [2.75, 3.05) is 50.1 Å². The number of halogens is 1. The van der Waals surface area contributed by atoms with Gasteiger partial charge in [-0.25, -0.2) is 9.18 Å². The van der Waals surface area contributed by atoms with Crippen molar-refractivity contribution in [2.24, 2.45) is 5.92 Å². The summed E-state index contributed by atoms with van der Waals surface area (Å²) in [4.78, 5) is 28.4. The minimum atomic E-state index is -0.624. The van der Waals surface area contributed by atoms with E-state index in [9.17, 15) is 14.0 Å². The fourth-order valence-corrected chi connectivity index (χ4v) is 3.62. The minimum Gasteiger partial charge on any atom is -0.466 e. The lowest BCUT2D eigenvalue weighted by Crippen LogP contribution is -2.34. The molecule has 0 aliphatic carbocycles. The number of esters is 1. The number of piperidine rings is 1. The zero-order valence-corrected chi connectivity index (χ0v) is 16.2. The lowest BCUT2D eigenvalue weighted by Gasteiger charge is -2.33. The van der Waals surface area contributed by atoms with Gasteiger partial charge in [-0.05, 0) is 37.0 Å². The summed E-state index contributed by atoms with van der Waals surface area (Å²) in [6, 6.07) is 4.41. The van der Waals surface area contributed by atoms with E-state index >= 15 is 0 Å². The monoisotopic (exact) mass is 391 g/mol. The van der Waals surface area contributed by atoms with E-state index in [0.717, 1.165) is 31.6 Å². The second-order valence-corrected chi connectivity index (χ2v) is 7.25. The van der Waals surface area contributed by atoms with Crippen LogP contribution in [0.25, 0.3) is 0 Å². The number of aliphatic hydroxyl groups excluding tert-OH is 1. The van der Waals surface area contributed by atoms with Crippen molar-refractivity contribution in [3.05, 3.63) is 35.3 Å². The molecule has 0 radical (unpaired) electrons. The van der Waals surface area contributed by atoms with Gasteiger partial charge >= 0.3 is 5.97 Å². The summed E-state index contributed by atoms with van der Waals surface area (Å²) in [5, 5.41) is 12.2. The summed E-state index contributed by atoms with van der Waals surface area (Å²) in [6.45, 7) is 3.82. The average Bonchev–Trinajstić information content (AvgIpc) is 2.98. The van der Waals surface area contributed by atoms with Crippen LogP contribution >= 0.6 is 0 Å². The van der Waals surface area contributed by atoms with Gasteiger partial charge in [0.1, 0.15) is 11.5 Å². The van der Waals surface area contributed by atoms with Crippen LogP contribution in [-0.4, -0.2) is 61.8 Å². The SMILES string of the molecule is COC(=O)C1=C(Nc2cc(F)ccc2N2CCC(C)CC2)C(=O)N(CCO)C1. The van der Waals surface area contributed by atoms with Gasteiger partial charge < -0.3 is 25.0 Å². The van der Waals surface area contributed by atoms with Gasteiger partial charge in [0, 0.05) is 19.6 Å². The molecular weight excluding hydrogens is 365 g/mol. The third-order valence-corrected chi connectivity index (χ3v) is 5.30. The highest BCUT2D eigenvalue weighted by Gasteiger charge is 2.35. The normalized spacial score (nSPS) is 18.1. The molecule has 3 rings (SSSR count). The summed E-state index contributed by atoms with van der Waals surface area (Å²) in [7, 11) is 1.24. The Morgan fingerprint density at radius 1 is 1.36 bits per heavy atom. The van der Waals surface area contributed by atoms with E-state index in [1.54, 1.807) is 6.07 Å². The van der Waals surface area contributed by atoms with Crippen LogP contribution in [-0.2, 0) is 14.3 Å². The molecule has 0 saturated carbocycles. The molecule has 2 aliphatic rings.